The van der Waals surface area contributed by atoms with Crippen molar-refractivity contribution in [3.05, 3.63) is 54.0 Å². The molecule has 0 bridgehead atoms. The van der Waals surface area contributed by atoms with Crippen molar-refractivity contribution in [2.24, 2.45) is 11.6 Å². The lowest BCUT2D eigenvalue weighted by atomic mass is 10.2. The Labute approximate surface area is 186 Å². The zero-order chi connectivity index (χ0) is 23.9. The number of nitrogens with zero attached hydrogens (tertiary/aromatic N) is 3. The second kappa shape index (κ2) is 11.1. The Hall–Kier alpha value is -2.96. The number of aromatic nitrogens is 1. The van der Waals surface area contributed by atoms with Crippen LogP contribution in [0.4, 0.5) is 25.8 Å². The van der Waals surface area contributed by atoms with E-state index in [1.54, 1.807) is 26.3 Å². The fourth-order valence-electron chi connectivity index (χ4n) is 2.78. The maximum absolute atomic E-state index is 14.9. The van der Waals surface area contributed by atoms with Gasteiger partial charge in [0.15, 0.2) is 11.6 Å². The van der Waals surface area contributed by atoms with Crippen LogP contribution in [0.5, 0.6) is 0 Å². The van der Waals surface area contributed by atoms with Crippen molar-refractivity contribution < 1.29 is 21.9 Å². The van der Waals surface area contributed by atoms with Crippen LogP contribution in [-0.4, -0.2) is 46.5 Å². The molecule has 1 aromatic heterocycles. The quantitative estimate of drug-likeness (QED) is 0.337. The molecule has 0 aliphatic carbocycles. The van der Waals surface area contributed by atoms with E-state index in [0.29, 0.717) is 30.1 Å². The molecule has 0 saturated carbocycles. The van der Waals surface area contributed by atoms with Crippen molar-refractivity contribution in [1.82, 2.24) is 4.98 Å². The van der Waals surface area contributed by atoms with Crippen LogP contribution < -0.4 is 26.2 Å². The van der Waals surface area contributed by atoms with Crippen LogP contribution in [0.1, 0.15) is 18.9 Å². The fraction of sp³-hybridized carbons (Fsp3) is 0.350. The maximum atomic E-state index is 14.9. The van der Waals surface area contributed by atoms with Gasteiger partial charge in [0.2, 0.25) is 10.0 Å². The fourth-order valence-corrected chi connectivity index (χ4v) is 3.92. The minimum atomic E-state index is -3.78. The van der Waals surface area contributed by atoms with Gasteiger partial charge in [-0.1, -0.05) is 6.92 Å². The van der Waals surface area contributed by atoms with Gasteiger partial charge in [-0.2, -0.15) is 0 Å². The molecule has 0 aliphatic heterocycles. The number of methoxy groups -OCH3 is 1. The van der Waals surface area contributed by atoms with Crippen LogP contribution in [0.25, 0.3) is 5.70 Å². The molecule has 0 aliphatic rings. The van der Waals surface area contributed by atoms with Crippen LogP contribution in [0.15, 0.2) is 36.8 Å². The number of benzene rings is 1. The Balaban J connectivity index is 2.33. The van der Waals surface area contributed by atoms with Crippen molar-refractivity contribution in [3.63, 3.8) is 0 Å². The minimum Gasteiger partial charge on any atom is -0.397 e. The Morgan fingerprint density at radius 3 is 2.69 bits per heavy atom. The van der Waals surface area contributed by atoms with E-state index in [1.165, 1.54) is 6.20 Å². The molecule has 12 heteroatoms. The second-order valence-electron chi connectivity index (χ2n) is 7.02. The topological polar surface area (TPSA) is 127 Å². The number of hydrogen-bond acceptors (Lipinski definition) is 8. The van der Waals surface area contributed by atoms with Crippen molar-refractivity contribution in [2.45, 2.75) is 13.3 Å². The molecule has 2 rings (SSSR count). The molecular weight excluding hydrogens is 442 g/mol. The molecule has 2 aromatic rings. The van der Waals surface area contributed by atoms with Gasteiger partial charge in [0.05, 0.1) is 35.6 Å². The zero-order valence-corrected chi connectivity index (χ0v) is 19.0. The second-order valence-corrected chi connectivity index (χ2v) is 8.86. The van der Waals surface area contributed by atoms with E-state index in [-0.39, 0.29) is 11.4 Å². The molecule has 1 heterocycles. The number of anilines is 3. The zero-order valence-electron chi connectivity index (χ0n) is 18.2. The molecule has 1 aromatic carbocycles. The molecule has 9 nitrogen and oxygen atoms in total. The van der Waals surface area contributed by atoms with Gasteiger partial charge < -0.3 is 15.4 Å². The van der Waals surface area contributed by atoms with E-state index in [9.17, 15) is 17.2 Å². The molecular formula is C20H28F2N6O3S. The average Bonchev–Trinajstić information content (AvgIpc) is 2.74. The third kappa shape index (κ3) is 6.52. The smallest absolute Gasteiger partial charge is 0.232 e. The number of likely N-dealkylation sites (N-methyl/N-ethyl adjacent to an activating group) is 1. The van der Waals surface area contributed by atoms with Crippen LogP contribution >= 0.6 is 0 Å². The number of hydrogen-bond donors (Lipinski definition) is 3. The standard InChI is InChI=1S/C20H28F2N6O3S/c1-4-9-32(29,30)26-18-6-5-16(21)20(19(18)22)28(24)13-17(23)14-10-15(12-25-11-14)27(2)7-8-31-3/h5-6,10-13,26H,4,7-9,23-24H2,1-3H3/b17-13-. The Morgan fingerprint density at radius 2 is 2.03 bits per heavy atom. The van der Waals surface area contributed by atoms with E-state index in [0.717, 1.165) is 24.0 Å². The first-order valence-electron chi connectivity index (χ1n) is 9.74. The number of nitrogens with two attached hydrogens (primary N) is 2. The summed E-state index contributed by atoms with van der Waals surface area (Å²) in [6.45, 7) is 2.80. The SMILES string of the molecule is CCCS(=O)(=O)Nc1ccc(F)c(N(N)/C=C(\N)c2cncc(N(C)CCOC)c2)c1F. The first-order chi connectivity index (χ1) is 15.1. The molecule has 32 heavy (non-hydrogen) atoms. The number of sulfonamides is 1. The molecule has 0 amide bonds. The number of rotatable bonds is 11. The highest BCUT2D eigenvalue weighted by atomic mass is 32.2. The van der Waals surface area contributed by atoms with Crippen molar-refractivity contribution in [1.29, 1.82) is 0 Å². The number of nitrogens with one attached hydrogen (secondary N) is 1. The summed E-state index contributed by atoms with van der Waals surface area (Å²) < 4.78 is 60.4. The normalized spacial score (nSPS) is 12.0. The number of ether oxygens (including phenoxy) is 1. The minimum absolute atomic E-state index is 0.0951. The summed E-state index contributed by atoms with van der Waals surface area (Å²) in [5.41, 5.74) is 6.33. The van der Waals surface area contributed by atoms with Gasteiger partial charge >= 0.3 is 0 Å². The lowest BCUT2D eigenvalue weighted by molar-refractivity contribution is 0.206. The van der Waals surface area contributed by atoms with Gasteiger partial charge in [-0.15, -0.1) is 0 Å². The summed E-state index contributed by atoms with van der Waals surface area (Å²) in [4.78, 5) is 6.04. The van der Waals surface area contributed by atoms with Gasteiger partial charge in [0.1, 0.15) is 5.69 Å². The predicted octanol–water partition coefficient (Wildman–Crippen LogP) is 2.23. The Kier molecular flexibility index (Phi) is 8.75. The van der Waals surface area contributed by atoms with Crippen molar-refractivity contribution in [3.8, 4) is 0 Å². The Morgan fingerprint density at radius 1 is 1.31 bits per heavy atom. The number of hydrazine groups is 1. The third-order valence-corrected chi connectivity index (χ3v) is 5.95. The van der Waals surface area contributed by atoms with E-state index < -0.39 is 33.0 Å². The Bertz CT molecular complexity index is 1070. The summed E-state index contributed by atoms with van der Waals surface area (Å²) in [5, 5.41) is 0.666. The highest BCUT2D eigenvalue weighted by molar-refractivity contribution is 7.92. The summed E-state index contributed by atoms with van der Waals surface area (Å²) in [6, 6.07) is 3.65. The summed E-state index contributed by atoms with van der Waals surface area (Å²) >= 11 is 0. The molecule has 0 fully saturated rings. The average molecular weight is 471 g/mol. The molecule has 176 valence electrons. The van der Waals surface area contributed by atoms with Gasteiger partial charge in [0, 0.05) is 38.7 Å². The summed E-state index contributed by atoms with van der Waals surface area (Å²) in [5.74, 6) is 3.50. The van der Waals surface area contributed by atoms with Crippen LogP contribution in [-0.2, 0) is 14.8 Å². The molecule has 0 unspecified atom stereocenters. The van der Waals surface area contributed by atoms with Gasteiger partial charge in [0.25, 0.3) is 0 Å². The van der Waals surface area contributed by atoms with Gasteiger partial charge in [-0.05, 0) is 24.6 Å². The first-order valence-corrected chi connectivity index (χ1v) is 11.4. The third-order valence-electron chi connectivity index (χ3n) is 4.47. The van der Waals surface area contributed by atoms with E-state index >= 15 is 0 Å². The molecule has 5 N–H and O–H groups in total. The predicted molar refractivity (Wildman–Crippen MR) is 122 cm³/mol. The largest absolute Gasteiger partial charge is 0.397 e. The highest BCUT2D eigenvalue weighted by Crippen LogP contribution is 2.29. The van der Waals surface area contributed by atoms with E-state index in [2.05, 4.69) is 9.71 Å². The van der Waals surface area contributed by atoms with Crippen molar-refractivity contribution in [2.75, 3.05) is 47.7 Å². The van der Waals surface area contributed by atoms with Crippen LogP contribution in [0, 0.1) is 11.6 Å². The molecule has 0 radical (unpaired) electrons. The van der Waals surface area contributed by atoms with E-state index in [4.69, 9.17) is 16.3 Å². The van der Waals surface area contributed by atoms with Crippen LogP contribution in [0.2, 0.25) is 0 Å². The number of pyridine rings is 1. The monoisotopic (exact) mass is 470 g/mol. The van der Waals surface area contributed by atoms with Gasteiger partial charge in [-0.25, -0.2) is 23.0 Å². The molecule has 0 atom stereocenters. The first kappa shape index (κ1) is 25.3. The van der Waals surface area contributed by atoms with Gasteiger partial charge in [-0.3, -0.25) is 14.7 Å². The van der Waals surface area contributed by atoms with Crippen LogP contribution in [0.3, 0.4) is 0 Å². The summed E-state index contributed by atoms with van der Waals surface area (Å²) in [7, 11) is -0.332. The molecule has 0 saturated heterocycles. The van der Waals surface area contributed by atoms with E-state index in [1.807, 2.05) is 11.9 Å². The lowest BCUT2D eigenvalue weighted by Gasteiger charge is -2.20. The van der Waals surface area contributed by atoms with Crippen molar-refractivity contribution >= 4 is 32.8 Å². The molecule has 0 spiro atoms. The lowest BCUT2D eigenvalue weighted by Crippen LogP contribution is -2.28. The maximum Gasteiger partial charge on any atom is 0.232 e. The summed E-state index contributed by atoms with van der Waals surface area (Å²) in [6.07, 6.45) is 4.58. The highest BCUT2D eigenvalue weighted by Gasteiger charge is 2.20. The number of halogens is 2.